The Kier molecular flexibility index (Phi) is 5.42. The number of halogens is 4. The maximum atomic E-state index is 13.7. The van der Waals surface area contributed by atoms with Gasteiger partial charge in [0.1, 0.15) is 0 Å². The number of thiophene rings is 1. The van der Waals surface area contributed by atoms with Crippen LogP contribution in [0.2, 0.25) is 4.34 Å². The summed E-state index contributed by atoms with van der Waals surface area (Å²) in [5, 5.41) is 0. The van der Waals surface area contributed by atoms with Crippen LogP contribution in [0.15, 0.2) is 61.4 Å². The summed E-state index contributed by atoms with van der Waals surface area (Å²) in [6.07, 6.45) is -0.902. The number of hydrogen-bond acceptors (Lipinski definition) is 3. The molecule has 154 valence electrons. The molecule has 0 saturated heterocycles. The fraction of sp³-hybridized carbons (Fsp3) is 0.182. The minimum absolute atomic E-state index is 0.00986. The second kappa shape index (κ2) is 7.89. The molecule has 30 heavy (non-hydrogen) atoms. The topological polar surface area (TPSA) is 33.2 Å². The highest BCUT2D eigenvalue weighted by Gasteiger charge is 2.36. The fourth-order valence-electron chi connectivity index (χ4n) is 3.85. The van der Waals surface area contributed by atoms with Crippen LogP contribution in [-0.4, -0.2) is 22.3 Å². The molecule has 0 N–H and O–H groups in total. The Hall–Kier alpha value is -2.64. The maximum absolute atomic E-state index is 13.7. The number of carbonyl (C=O) groups excluding carboxylic acids is 1. The van der Waals surface area contributed by atoms with Crippen molar-refractivity contribution < 1.29 is 18.0 Å². The van der Waals surface area contributed by atoms with E-state index >= 15 is 0 Å². The molecule has 3 heterocycles. The van der Waals surface area contributed by atoms with E-state index in [-0.39, 0.29) is 17.4 Å². The van der Waals surface area contributed by atoms with E-state index < -0.39 is 11.7 Å². The van der Waals surface area contributed by atoms with Crippen molar-refractivity contribution >= 4 is 28.8 Å². The maximum Gasteiger partial charge on any atom is 0.417 e. The minimum Gasteiger partial charge on any atom is -0.333 e. The quantitative estimate of drug-likeness (QED) is 0.451. The van der Waals surface area contributed by atoms with E-state index in [0.29, 0.717) is 28.6 Å². The van der Waals surface area contributed by atoms with Crippen molar-refractivity contribution in [2.75, 3.05) is 6.54 Å². The van der Waals surface area contributed by atoms with Crippen LogP contribution in [0.1, 0.15) is 27.5 Å². The Morgan fingerprint density at radius 2 is 2.00 bits per heavy atom. The third-order valence-electron chi connectivity index (χ3n) is 5.16. The van der Waals surface area contributed by atoms with Gasteiger partial charge in [-0.15, -0.1) is 11.3 Å². The Labute approximate surface area is 180 Å². The largest absolute Gasteiger partial charge is 0.417 e. The molecule has 3 aromatic rings. The molecule has 0 bridgehead atoms. The number of carbonyl (C=O) groups is 1. The van der Waals surface area contributed by atoms with Gasteiger partial charge in [-0.25, -0.2) is 0 Å². The van der Waals surface area contributed by atoms with E-state index in [2.05, 4.69) is 11.6 Å². The van der Waals surface area contributed by atoms with Crippen LogP contribution in [0.3, 0.4) is 0 Å². The van der Waals surface area contributed by atoms with Crippen molar-refractivity contribution in [2.45, 2.75) is 18.6 Å². The van der Waals surface area contributed by atoms with Gasteiger partial charge < -0.3 is 4.90 Å². The molecule has 0 saturated carbocycles. The van der Waals surface area contributed by atoms with Gasteiger partial charge in [-0.2, -0.15) is 13.2 Å². The average molecular weight is 449 g/mol. The molecule has 0 fully saturated rings. The molecule has 1 aliphatic heterocycles. The predicted molar refractivity (Wildman–Crippen MR) is 111 cm³/mol. The highest BCUT2D eigenvalue weighted by Crippen LogP contribution is 2.44. The van der Waals surface area contributed by atoms with Crippen molar-refractivity contribution in [3.05, 3.63) is 87.4 Å². The van der Waals surface area contributed by atoms with Crippen LogP contribution >= 0.6 is 22.9 Å². The van der Waals surface area contributed by atoms with E-state index in [4.69, 9.17) is 11.6 Å². The van der Waals surface area contributed by atoms with Crippen molar-refractivity contribution in [3.63, 3.8) is 0 Å². The van der Waals surface area contributed by atoms with Crippen LogP contribution in [0.25, 0.3) is 11.1 Å². The Bertz CT molecular complexity index is 1130. The number of alkyl halides is 3. The summed E-state index contributed by atoms with van der Waals surface area (Å²) in [6.45, 7) is 4.27. The standard InChI is InChI=1S/C22H16ClF3N2OS/c1-2-21(29)28-11-17(15-9-20(23)30-19(15)12-28)14-6-4-3-5-13(14)16-10-27-8-7-18(16)22(24,25)26/h2-10,17H,1,11-12H2/t17-/m1/s1. The second-order valence-corrected chi connectivity index (χ2v) is 8.68. The summed E-state index contributed by atoms with van der Waals surface area (Å²) in [4.78, 5) is 18.8. The SMILES string of the molecule is C=CC(=O)N1Cc2sc(Cl)cc2[C@@H](c2ccccc2-c2cnccc2C(F)(F)F)C1. The van der Waals surface area contributed by atoms with Gasteiger partial charge in [-0.05, 0) is 34.9 Å². The van der Waals surface area contributed by atoms with Crippen LogP contribution in [0, 0.1) is 0 Å². The lowest BCUT2D eigenvalue weighted by Gasteiger charge is -2.33. The summed E-state index contributed by atoms with van der Waals surface area (Å²) < 4.78 is 41.5. The smallest absolute Gasteiger partial charge is 0.333 e. The molecule has 1 aliphatic rings. The number of benzene rings is 1. The second-order valence-electron chi connectivity index (χ2n) is 6.91. The number of nitrogens with zero attached hydrogens (tertiary/aromatic N) is 2. The molecule has 0 radical (unpaired) electrons. The van der Waals surface area contributed by atoms with Gasteiger partial charge in [0.05, 0.1) is 16.4 Å². The van der Waals surface area contributed by atoms with Crippen LogP contribution in [0.5, 0.6) is 0 Å². The van der Waals surface area contributed by atoms with Gasteiger partial charge in [-0.1, -0.05) is 42.4 Å². The third-order valence-corrected chi connectivity index (χ3v) is 6.43. The molecule has 1 amide bonds. The average Bonchev–Trinajstić information content (AvgIpc) is 3.12. The lowest BCUT2D eigenvalue weighted by atomic mass is 9.83. The van der Waals surface area contributed by atoms with Crippen molar-refractivity contribution in [2.24, 2.45) is 0 Å². The van der Waals surface area contributed by atoms with E-state index in [1.165, 1.54) is 23.6 Å². The number of aromatic nitrogens is 1. The van der Waals surface area contributed by atoms with Crippen LogP contribution in [-0.2, 0) is 17.5 Å². The highest BCUT2D eigenvalue weighted by atomic mass is 35.5. The van der Waals surface area contributed by atoms with E-state index in [9.17, 15) is 18.0 Å². The number of hydrogen-bond donors (Lipinski definition) is 0. The summed E-state index contributed by atoms with van der Waals surface area (Å²) in [7, 11) is 0. The van der Waals surface area contributed by atoms with Crippen LogP contribution in [0.4, 0.5) is 13.2 Å². The third kappa shape index (κ3) is 3.75. The monoisotopic (exact) mass is 448 g/mol. The first-order valence-corrected chi connectivity index (χ1v) is 10.3. The summed E-state index contributed by atoms with van der Waals surface area (Å²) >= 11 is 7.62. The Balaban J connectivity index is 1.89. The summed E-state index contributed by atoms with van der Waals surface area (Å²) in [5.74, 6) is -0.552. The zero-order chi connectivity index (χ0) is 21.5. The molecule has 2 aromatic heterocycles. The van der Waals surface area contributed by atoms with Gasteiger partial charge in [-0.3, -0.25) is 9.78 Å². The zero-order valence-corrected chi connectivity index (χ0v) is 17.2. The molecule has 0 unspecified atom stereocenters. The fourth-order valence-corrected chi connectivity index (χ4v) is 5.21. The van der Waals surface area contributed by atoms with Gasteiger partial charge in [0.2, 0.25) is 5.91 Å². The summed E-state index contributed by atoms with van der Waals surface area (Å²) in [5.41, 5.74) is 1.32. The molecular weight excluding hydrogens is 433 g/mol. The van der Waals surface area contributed by atoms with Crippen LogP contribution < -0.4 is 0 Å². The molecular formula is C22H16ClF3N2OS. The molecule has 8 heteroatoms. The van der Waals surface area contributed by atoms with E-state index in [0.717, 1.165) is 22.7 Å². The highest BCUT2D eigenvalue weighted by molar-refractivity contribution is 7.16. The first-order chi connectivity index (χ1) is 14.3. The first-order valence-electron chi connectivity index (χ1n) is 9.09. The van der Waals surface area contributed by atoms with Gasteiger partial charge in [0.15, 0.2) is 0 Å². The number of fused-ring (bicyclic) bond motifs is 1. The van der Waals surface area contributed by atoms with Gasteiger partial charge in [0, 0.05) is 35.3 Å². The Morgan fingerprint density at radius 3 is 2.73 bits per heavy atom. The van der Waals surface area contributed by atoms with Gasteiger partial charge in [0.25, 0.3) is 0 Å². The van der Waals surface area contributed by atoms with E-state index in [1.807, 2.05) is 6.07 Å². The molecule has 1 aromatic carbocycles. The molecule has 1 atom stereocenters. The number of rotatable bonds is 3. The zero-order valence-electron chi connectivity index (χ0n) is 15.6. The Morgan fingerprint density at radius 1 is 1.23 bits per heavy atom. The molecule has 0 spiro atoms. The number of amides is 1. The van der Waals surface area contributed by atoms with Crippen molar-refractivity contribution in [3.8, 4) is 11.1 Å². The van der Waals surface area contributed by atoms with Crippen molar-refractivity contribution in [1.29, 1.82) is 0 Å². The lowest BCUT2D eigenvalue weighted by molar-refractivity contribution is -0.137. The van der Waals surface area contributed by atoms with Crippen molar-refractivity contribution in [1.82, 2.24) is 9.88 Å². The lowest BCUT2D eigenvalue weighted by Crippen LogP contribution is -2.37. The molecule has 3 nitrogen and oxygen atoms in total. The first kappa shape index (κ1) is 20.6. The summed E-state index contributed by atoms with van der Waals surface area (Å²) in [6, 6.07) is 9.75. The van der Waals surface area contributed by atoms with E-state index in [1.54, 1.807) is 29.2 Å². The predicted octanol–water partition coefficient (Wildman–Crippen LogP) is 6.14. The minimum atomic E-state index is -4.51. The molecule has 4 rings (SSSR count). The normalized spacial score (nSPS) is 16.3. The van der Waals surface area contributed by atoms with Gasteiger partial charge >= 0.3 is 6.18 Å². The molecule has 0 aliphatic carbocycles. The number of pyridine rings is 1.